The zero-order valence-electron chi connectivity index (χ0n) is 4.94. The van der Waals surface area contributed by atoms with Crippen molar-refractivity contribution in [3.8, 4) is 0 Å². The molecule has 0 aromatic carbocycles. The van der Waals surface area contributed by atoms with Crippen molar-refractivity contribution in [3.05, 3.63) is 0 Å². The van der Waals surface area contributed by atoms with Crippen LogP contribution >= 0.6 is 0 Å². The molecule has 58 valence electrons. The van der Waals surface area contributed by atoms with Crippen LogP contribution in [-0.4, -0.2) is 18.8 Å². The minimum atomic E-state index is -4.42. The number of esters is 1. The summed E-state index contributed by atoms with van der Waals surface area (Å²) in [5, 5.41) is 0. The number of rotatable bonds is 0. The average molecular weight is 154 g/mol. The molecule has 1 rings (SSSR count). The number of cyclic esters (lactones) is 1. The molecule has 1 fully saturated rings. The number of hydrogen-bond donors (Lipinski definition) is 0. The summed E-state index contributed by atoms with van der Waals surface area (Å²) in [7, 11) is 0. The summed E-state index contributed by atoms with van der Waals surface area (Å²) in [6.45, 7) is -0.108. The van der Waals surface area contributed by atoms with Gasteiger partial charge in [0.2, 0.25) is 0 Å². The molecule has 10 heavy (non-hydrogen) atoms. The van der Waals surface area contributed by atoms with Crippen molar-refractivity contribution in [2.75, 3.05) is 6.61 Å². The highest BCUT2D eigenvalue weighted by atomic mass is 19.4. The van der Waals surface area contributed by atoms with E-state index in [1.54, 1.807) is 0 Å². The Morgan fingerprint density at radius 1 is 1.50 bits per heavy atom. The van der Waals surface area contributed by atoms with E-state index < -0.39 is 18.1 Å². The zero-order chi connectivity index (χ0) is 7.78. The summed E-state index contributed by atoms with van der Waals surface area (Å²) in [6.07, 6.45) is -4.66. The molecule has 0 aliphatic carbocycles. The highest BCUT2D eigenvalue weighted by molar-refractivity contribution is 5.74. The van der Waals surface area contributed by atoms with Crippen LogP contribution in [0.4, 0.5) is 13.2 Å². The SMILES string of the molecule is O=C1OCC[C@H]1C(F)(F)F. The fourth-order valence-electron chi connectivity index (χ4n) is 0.793. The minimum Gasteiger partial charge on any atom is -0.465 e. The van der Waals surface area contributed by atoms with E-state index in [-0.39, 0.29) is 13.0 Å². The van der Waals surface area contributed by atoms with Crippen LogP contribution in [-0.2, 0) is 9.53 Å². The van der Waals surface area contributed by atoms with Crippen molar-refractivity contribution in [1.29, 1.82) is 0 Å². The predicted molar refractivity (Wildman–Crippen MR) is 25.1 cm³/mol. The number of carbonyl (C=O) groups excluding carboxylic acids is 1. The average Bonchev–Trinajstić information content (AvgIpc) is 2.11. The van der Waals surface area contributed by atoms with Crippen molar-refractivity contribution in [1.82, 2.24) is 0 Å². The van der Waals surface area contributed by atoms with Crippen LogP contribution in [0.2, 0.25) is 0 Å². The molecule has 5 heteroatoms. The third kappa shape index (κ3) is 1.22. The number of alkyl halides is 3. The lowest BCUT2D eigenvalue weighted by molar-refractivity contribution is -0.185. The van der Waals surface area contributed by atoms with Crippen LogP contribution in [0.1, 0.15) is 6.42 Å². The molecule has 1 saturated heterocycles. The molecule has 0 spiro atoms. The molecular weight excluding hydrogens is 149 g/mol. The molecule has 1 heterocycles. The van der Waals surface area contributed by atoms with Crippen LogP contribution in [0.15, 0.2) is 0 Å². The predicted octanol–water partition coefficient (Wildman–Crippen LogP) is 1.11. The van der Waals surface area contributed by atoms with E-state index in [4.69, 9.17) is 0 Å². The fraction of sp³-hybridized carbons (Fsp3) is 0.800. The molecule has 0 amide bonds. The standard InChI is InChI=1S/C5H5F3O2/c6-5(7,8)3-1-2-10-4(3)9/h3H,1-2H2/t3-/m1/s1. The van der Waals surface area contributed by atoms with E-state index in [9.17, 15) is 18.0 Å². The number of ether oxygens (including phenoxy) is 1. The highest BCUT2D eigenvalue weighted by Crippen LogP contribution is 2.32. The van der Waals surface area contributed by atoms with Gasteiger partial charge in [0.1, 0.15) is 0 Å². The number of halogens is 3. The van der Waals surface area contributed by atoms with Crippen molar-refractivity contribution in [2.45, 2.75) is 12.6 Å². The molecule has 0 aromatic heterocycles. The Labute approximate surface area is 55.0 Å². The lowest BCUT2D eigenvalue weighted by Crippen LogP contribution is -2.26. The Bertz CT molecular complexity index is 151. The second-order valence-electron chi connectivity index (χ2n) is 2.05. The van der Waals surface area contributed by atoms with Gasteiger partial charge in [-0.2, -0.15) is 13.2 Å². The van der Waals surface area contributed by atoms with E-state index in [0.717, 1.165) is 0 Å². The Kier molecular flexibility index (Phi) is 1.58. The maximum absolute atomic E-state index is 11.7. The van der Waals surface area contributed by atoms with Gasteiger partial charge < -0.3 is 4.74 Å². The summed E-state index contributed by atoms with van der Waals surface area (Å²) in [5.41, 5.74) is 0. The van der Waals surface area contributed by atoms with Gasteiger partial charge in [0.25, 0.3) is 0 Å². The molecule has 0 aromatic rings. The lowest BCUT2D eigenvalue weighted by Gasteiger charge is -2.08. The molecule has 0 N–H and O–H groups in total. The van der Waals surface area contributed by atoms with E-state index in [1.165, 1.54) is 0 Å². The number of carbonyl (C=O) groups is 1. The van der Waals surface area contributed by atoms with E-state index in [2.05, 4.69) is 4.74 Å². The van der Waals surface area contributed by atoms with Crippen LogP contribution in [0.25, 0.3) is 0 Å². The van der Waals surface area contributed by atoms with Gasteiger partial charge in [-0.1, -0.05) is 0 Å². The van der Waals surface area contributed by atoms with Gasteiger partial charge in [0, 0.05) is 6.42 Å². The molecule has 0 radical (unpaired) electrons. The summed E-state index contributed by atoms with van der Waals surface area (Å²) in [5.74, 6) is -3.03. The Morgan fingerprint density at radius 3 is 2.30 bits per heavy atom. The summed E-state index contributed by atoms with van der Waals surface area (Å²) in [4.78, 5) is 10.3. The van der Waals surface area contributed by atoms with Crippen LogP contribution < -0.4 is 0 Å². The van der Waals surface area contributed by atoms with Gasteiger partial charge in [0.15, 0.2) is 5.92 Å². The molecule has 2 nitrogen and oxygen atoms in total. The van der Waals surface area contributed by atoms with Gasteiger partial charge in [-0.15, -0.1) is 0 Å². The van der Waals surface area contributed by atoms with Gasteiger partial charge in [-0.05, 0) is 0 Å². The monoisotopic (exact) mass is 154 g/mol. The molecule has 0 saturated carbocycles. The molecule has 0 unspecified atom stereocenters. The largest absolute Gasteiger partial charge is 0.465 e. The van der Waals surface area contributed by atoms with Crippen LogP contribution in [0.5, 0.6) is 0 Å². The highest BCUT2D eigenvalue weighted by Gasteiger charge is 2.48. The molecule has 1 aliphatic heterocycles. The first-order valence-electron chi connectivity index (χ1n) is 2.75. The number of hydrogen-bond acceptors (Lipinski definition) is 2. The maximum atomic E-state index is 11.7. The topological polar surface area (TPSA) is 26.3 Å². The Morgan fingerprint density at radius 2 is 2.10 bits per heavy atom. The first-order chi connectivity index (χ1) is 4.52. The minimum absolute atomic E-state index is 0.108. The summed E-state index contributed by atoms with van der Waals surface area (Å²) >= 11 is 0. The first-order valence-corrected chi connectivity index (χ1v) is 2.75. The van der Waals surface area contributed by atoms with Gasteiger partial charge in [0.05, 0.1) is 6.61 Å². The summed E-state index contributed by atoms with van der Waals surface area (Å²) < 4.78 is 39.3. The lowest BCUT2D eigenvalue weighted by atomic mass is 10.1. The Balaban J connectivity index is 2.64. The third-order valence-corrected chi connectivity index (χ3v) is 1.33. The fourth-order valence-corrected chi connectivity index (χ4v) is 0.793. The van der Waals surface area contributed by atoms with Crippen LogP contribution in [0.3, 0.4) is 0 Å². The van der Waals surface area contributed by atoms with Crippen molar-refractivity contribution >= 4 is 5.97 Å². The molecule has 1 atom stereocenters. The second kappa shape index (κ2) is 2.14. The molecule has 0 bridgehead atoms. The normalized spacial score (nSPS) is 26.7. The van der Waals surface area contributed by atoms with Crippen molar-refractivity contribution < 1.29 is 22.7 Å². The summed E-state index contributed by atoms with van der Waals surface area (Å²) in [6, 6.07) is 0. The Hall–Kier alpha value is -0.740. The van der Waals surface area contributed by atoms with Crippen LogP contribution in [0, 0.1) is 5.92 Å². The smallest absolute Gasteiger partial charge is 0.402 e. The quantitative estimate of drug-likeness (QED) is 0.488. The van der Waals surface area contributed by atoms with Gasteiger partial charge in [-0.25, -0.2) is 0 Å². The van der Waals surface area contributed by atoms with Crippen molar-refractivity contribution in [3.63, 3.8) is 0 Å². The molecule has 1 aliphatic rings. The first kappa shape index (κ1) is 7.37. The van der Waals surface area contributed by atoms with E-state index >= 15 is 0 Å². The third-order valence-electron chi connectivity index (χ3n) is 1.33. The molecular formula is C5H5F3O2. The zero-order valence-corrected chi connectivity index (χ0v) is 4.94. The van der Waals surface area contributed by atoms with Gasteiger partial charge in [-0.3, -0.25) is 4.79 Å². The van der Waals surface area contributed by atoms with Gasteiger partial charge >= 0.3 is 12.1 Å². The van der Waals surface area contributed by atoms with E-state index in [1.807, 2.05) is 0 Å². The van der Waals surface area contributed by atoms with E-state index in [0.29, 0.717) is 0 Å². The maximum Gasteiger partial charge on any atom is 0.402 e. The second-order valence-corrected chi connectivity index (χ2v) is 2.05. The van der Waals surface area contributed by atoms with Crippen molar-refractivity contribution in [2.24, 2.45) is 5.92 Å².